The Hall–Kier alpha value is -2.63. The number of carbonyl (C=O) groups excluding carboxylic acids is 1. The van der Waals surface area contributed by atoms with E-state index >= 15 is 0 Å². The fraction of sp³-hybridized carbons (Fsp3) is 0.125. The maximum Gasteiger partial charge on any atom is 0.315 e. The van der Waals surface area contributed by atoms with Crippen LogP contribution in [0.2, 0.25) is 0 Å². The summed E-state index contributed by atoms with van der Waals surface area (Å²) in [6.45, 7) is 0. The molecule has 17 heavy (non-hydrogen) atoms. The third-order valence-corrected chi connectivity index (χ3v) is 1.86. The topological polar surface area (TPSA) is 123 Å². The second-order valence-corrected chi connectivity index (χ2v) is 2.82. The molecule has 1 rings (SSSR count). The summed E-state index contributed by atoms with van der Waals surface area (Å²) in [6, 6.07) is 1.30. The number of nitriles is 1. The first-order valence-corrected chi connectivity index (χ1v) is 4.05. The fourth-order valence-electron chi connectivity index (χ4n) is 1.20. The van der Waals surface area contributed by atoms with Crippen LogP contribution in [0, 0.1) is 21.4 Å². The van der Waals surface area contributed by atoms with E-state index in [0.29, 0.717) is 6.20 Å². The summed E-state index contributed by atoms with van der Waals surface area (Å²) < 4.78 is 25.4. The van der Waals surface area contributed by atoms with E-state index in [0.717, 1.165) is 0 Å². The van der Waals surface area contributed by atoms with Gasteiger partial charge in [0.25, 0.3) is 12.3 Å². The lowest BCUT2D eigenvalue weighted by Gasteiger charge is -2.06. The summed E-state index contributed by atoms with van der Waals surface area (Å²) in [7, 11) is 0. The van der Waals surface area contributed by atoms with Crippen LogP contribution in [-0.4, -0.2) is 15.8 Å². The van der Waals surface area contributed by atoms with E-state index in [-0.39, 0.29) is 0 Å². The fourth-order valence-corrected chi connectivity index (χ4v) is 1.20. The normalized spacial score (nSPS) is 10.0. The number of nitrogens with zero attached hydrogens (tertiary/aromatic N) is 3. The molecule has 2 N–H and O–H groups in total. The summed E-state index contributed by atoms with van der Waals surface area (Å²) in [5.41, 5.74) is 0.845. The Morgan fingerprint density at radius 3 is 2.59 bits per heavy atom. The second-order valence-electron chi connectivity index (χ2n) is 2.82. The number of aromatic nitrogens is 1. The number of nitro groups is 1. The van der Waals surface area contributed by atoms with Gasteiger partial charge in [0.2, 0.25) is 5.69 Å². The Morgan fingerprint density at radius 1 is 1.65 bits per heavy atom. The van der Waals surface area contributed by atoms with Crippen LogP contribution in [0.1, 0.15) is 28.0 Å². The number of alkyl halides is 2. The van der Waals surface area contributed by atoms with E-state index in [1.54, 1.807) is 0 Å². The average molecular weight is 242 g/mol. The van der Waals surface area contributed by atoms with Crippen LogP contribution in [0.3, 0.4) is 0 Å². The van der Waals surface area contributed by atoms with Crippen molar-refractivity contribution in [3.8, 4) is 6.07 Å². The molecule has 1 amide bonds. The molecule has 0 bridgehead atoms. The number of rotatable bonds is 3. The van der Waals surface area contributed by atoms with Crippen LogP contribution >= 0.6 is 0 Å². The Labute approximate surface area is 92.6 Å². The van der Waals surface area contributed by atoms with Crippen LogP contribution in [0.4, 0.5) is 14.5 Å². The minimum Gasteiger partial charge on any atom is -0.366 e. The number of halogens is 2. The van der Waals surface area contributed by atoms with E-state index in [1.165, 1.54) is 6.07 Å². The lowest BCUT2D eigenvalue weighted by molar-refractivity contribution is -0.386. The first kappa shape index (κ1) is 12.4. The zero-order valence-electron chi connectivity index (χ0n) is 8.05. The maximum atomic E-state index is 12.7. The summed E-state index contributed by atoms with van der Waals surface area (Å²) in [4.78, 5) is 23.5. The molecule has 0 aliphatic rings. The van der Waals surface area contributed by atoms with E-state index in [4.69, 9.17) is 11.0 Å². The molecule has 0 atom stereocenters. The first-order chi connectivity index (χ1) is 7.90. The minimum absolute atomic E-state index is 0.620. The van der Waals surface area contributed by atoms with Crippen molar-refractivity contribution >= 4 is 11.6 Å². The highest BCUT2D eigenvalue weighted by molar-refractivity contribution is 5.95. The van der Waals surface area contributed by atoms with Gasteiger partial charge < -0.3 is 5.73 Å². The van der Waals surface area contributed by atoms with Gasteiger partial charge in [-0.25, -0.2) is 13.8 Å². The van der Waals surface area contributed by atoms with Gasteiger partial charge in [-0.15, -0.1) is 0 Å². The number of hydrogen-bond acceptors (Lipinski definition) is 5. The molecular weight excluding hydrogens is 238 g/mol. The first-order valence-electron chi connectivity index (χ1n) is 4.05. The van der Waals surface area contributed by atoms with Gasteiger partial charge in [0.1, 0.15) is 11.6 Å². The molecule has 7 nitrogen and oxygen atoms in total. The van der Waals surface area contributed by atoms with Crippen molar-refractivity contribution in [3.05, 3.63) is 33.1 Å². The van der Waals surface area contributed by atoms with Crippen LogP contribution < -0.4 is 5.73 Å². The lowest BCUT2D eigenvalue weighted by Crippen LogP contribution is -2.16. The Morgan fingerprint density at radius 2 is 2.24 bits per heavy atom. The number of primary amides is 1. The van der Waals surface area contributed by atoms with Crippen molar-refractivity contribution < 1.29 is 18.5 Å². The molecular formula is C8H4F2N4O3. The summed E-state index contributed by atoms with van der Waals surface area (Å²) in [6.07, 6.45) is -2.69. The number of pyridine rings is 1. The van der Waals surface area contributed by atoms with Crippen molar-refractivity contribution in [3.63, 3.8) is 0 Å². The minimum atomic E-state index is -3.31. The van der Waals surface area contributed by atoms with E-state index < -0.39 is 39.8 Å². The summed E-state index contributed by atoms with van der Waals surface area (Å²) in [5, 5.41) is 19.1. The van der Waals surface area contributed by atoms with Gasteiger partial charge in [-0.2, -0.15) is 5.26 Å². The molecule has 0 radical (unpaired) electrons. The molecule has 1 aromatic rings. The third kappa shape index (κ3) is 2.15. The van der Waals surface area contributed by atoms with Crippen LogP contribution in [0.25, 0.3) is 0 Å². The molecule has 0 unspecified atom stereocenters. The Balaban J connectivity index is 3.73. The van der Waals surface area contributed by atoms with Gasteiger partial charge in [0.15, 0.2) is 0 Å². The molecule has 88 valence electrons. The highest BCUT2D eigenvalue weighted by atomic mass is 19.3. The monoisotopic (exact) mass is 242 g/mol. The molecule has 1 aromatic heterocycles. The van der Waals surface area contributed by atoms with Crippen LogP contribution in [-0.2, 0) is 0 Å². The zero-order chi connectivity index (χ0) is 13.2. The predicted molar refractivity (Wildman–Crippen MR) is 49.1 cm³/mol. The van der Waals surface area contributed by atoms with Crippen molar-refractivity contribution in [1.82, 2.24) is 4.98 Å². The standard InChI is InChI=1S/C8H4F2N4O3/c9-7(10)5-3(8(12)15)2-13-4(1-11)6(5)14(16)17/h2,7H,(H2,12,15). The molecule has 0 aliphatic heterocycles. The van der Waals surface area contributed by atoms with Gasteiger partial charge in [0, 0.05) is 6.20 Å². The molecule has 0 saturated heterocycles. The van der Waals surface area contributed by atoms with Crippen molar-refractivity contribution in [1.29, 1.82) is 5.26 Å². The number of amides is 1. The van der Waals surface area contributed by atoms with Crippen molar-refractivity contribution in [2.75, 3.05) is 0 Å². The predicted octanol–water partition coefficient (Wildman–Crippen LogP) is 0.898. The number of nitrogens with two attached hydrogens (primary N) is 1. The van der Waals surface area contributed by atoms with Crippen molar-refractivity contribution in [2.24, 2.45) is 5.73 Å². The molecule has 9 heteroatoms. The van der Waals surface area contributed by atoms with Crippen molar-refractivity contribution in [2.45, 2.75) is 6.43 Å². The molecule has 0 aromatic carbocycles. The quantitative estimate of drug-likeness (QED) is 0.622. The largest absolute Gasteiger partial charge is 0.366 e. The molecule has 0 spiro atoms. The Bertz CT molecular complexity index is 538. The van der Waals surface area contributed by atoms with Gasteiger partial charge in [-0.05, 0) is 0 Å². The SMILES string of the molecule is N#Cc1ncc(C(N)=O)c(C(F)F)c1[N+](=O)[O-]. The highest BCUT2D eigenvalue weighted by Gasteiger charge is 2.32. The van der Waals surface area contributed by atoms with Gasteiger partial charge in [-0.1, -0.05) is 0 Å². The maximum absolute atomic E-state index is 12.7. The number of carbonyl (C=O) groups is 1. The van der Waals surface area contributed by atoms with Crippen LogP contribution in [0.15, 0.2) is 6.20 Å². The smallest absolute Gasteiger partial charge is 0.315 e. The molecule has 1 heterocycles. The molecule has 0 aliphatic carbocycles. The van der Waals surface area contributed by atoms with Gasteiger partial charge in [-0.3, -0.25) is 14.9 Å². The van der Waals surface area contributed by atoms with E-state index in [1.807, 2.05) is 0 Å². The summed E-state index contributed by atoms with van der Waals surface area (Å²) in [5.74, 6) is -1.28. The van der Waals surface area contributed by atoms with E-state index in [9.17, 15) is 23.7 Å². The van der Waals surface area contributed by atoms with Gasteiger partial charge in [0.05, 0.1) is 10.5 Å². The highest BCUT2D eigenvalue weighted by Crippen LogP contribution is 2.33. The lowest BCUT2D eigenvalue weighted by atomic mass is 10.1. The van der Waals surface area contributed by atoms with Crippen LogP contribution in [0.5, 0.6) is 0 Å². The number of hydrogen-bond donors (Lipinski definition) is 1. The van der Waals surface area contributed by atoms with E-state index in [2.05, 4.69) is 4.98 Å². The Kier molecular flexibility index (Phi) is 3.28. The molecule has 0 fully saturated rings. The molecule has 0 saturated carbocycles. The zero-order valence-corrected chi connectivity index (χ0v) is 8.05. The van der Waals surface area contributed by atoms with Gasteiger partial charge >= 0.3 is 5.69 Å². The summed E-state index contributed by atoms with van der Waals surface area (Å²) >= 11 is 0. The third-order valence-electron chi connectivity index (χ3n) is 1.86. The second kappa shape index (κ2) is 4.48. The average Bonchev–Trinajstić information content (AvgIpc) is 2.26.